The van der Waals surface area contributed by atoms with Crippen molar-refractivity contribution in [2.24, 2.45) is 0 Å². The van der Waals surface area contributed by atoms with Crippen molar-refractivity contribution in [1.29, 1.82) is 0 Å². The summed E-state index contributed by atoms with van der Waals surface area (Å²) in [6.07, 6.45) is 7.25. The molecule has 4 rings (SSSR count). The van der Waals surface area contributed by atoms with Crippen molar-refractivity contribution < 1.29 is 27.8 Å². The van der Waals surface area contributed by atoms with Gasteiger partial charge in [-0.2, -0.15) is 0 Å². The lowest BCUT2D eigenvalue weighted by molar-refractivity contribution is -0.163. The zero-order valence-electron chi connectivity index (χ0n) is 32.8. The molecule has 2 N–H and O–H groups in total. The Balaban J connectivity index is 1.53. The molecule has 0 aliphatic carbocycles. The zero-order valence-corrected chi connectivity index (χ0v) is 34.8. The first-order chi connectivity index (χ1) is 24.6. The third-order valence-corrected chi connectivity index (χ3v) is 19.5. The monoisotopic (exact) mass is 772 g/mol. The van der Waals surface area contributed by atoms with E-state index in [2.05, 4.69) is 89.5 Å². The van der Waals surface area contributed by atoms with Crippen LogP contribution in [0.2, 0.25) is 36.3 Å². The molecular weight excluding hydrogens is 717 g/mol. The van der Waals surface area contributed by atoms with Crippen LogP contribution in [-0.2, 0) is 27.8 Å². The molecule has 2 aliphatic heterocycles. The van der Waals surface area contributed by atoms with Gasteiger partial charge in [0.25, 0.3) is 11.1 Å². The second-order valence-electron chi connectivity index (χ2n) is 16.3. The maximum Gasteiger partial charge on any atom is 0.329 e. The number of ether oxygens (including phenoxy) is 4. The number of hydrogen-bond acceptors (Lipinski definition) is 10. The van der Waals surface area contributed by atoms with Crippen LogP contribution in [0.15, 0.2) is 61.9 Å². The van der Waals surface area contributed by atoms with Crippen LogP contribution in [0.3, 0.4) is 0 Å². The van der Waals surface area contributed by atoms with Gasteiger partial charge in [-0.3, -0.25) is 28.7 Å². The topological polar surface area (TPSA) is 165 Å². The van der Waals surface area contributed by atoms with Gasteiger partial charge in [-0.15, -0.1) is 0 Å². The summed E-state index contributed by atoms with van der Waals surface area (Å²) in [4.78, 5) is 55.0. The van der Waals surface area contributed by atoms with E-state index >= 15 is 0 Å². The summed E-state index contributed by atoms with van der Waals surface area (Å²) >= 11 is 0. The Kier molecular flexibility index (Phi) is 13.5. The summed E-state index contributed by atoms with van der Waals surface area (Å²) in [7, 11) is -4.34. The predicted molar refractivity (Wildman–Crippen MR) is 207 cm³/mol. The molecule has 0 amide bonds. The summed E-state index contributed by atoms with van der Waals surface area (Å²) in [5.74, 6) is 5.69. The van der Waals surface area contributed by atoms with Gasteiger partial charge in [0.15, 0.2) is 29.2 Å². The summed E-state index contributed by atoms with van der Waals surface area (Å²) in [6.45, 7) is 24.0. The normalized spacial score (nSPS) is 23.8. The molecule has 0 spiro atoms. The van der Waals surface area contributed by atoms with E-state index in [0.29, 0.717) is 6.61 Å². The highest BCUT2D eigenvalue weighted by Gasteiger charge is 2.41. The number of H-pyrrole nitrogens is 2. The smallest absolute Gasteiger partial charge is 0.329 e. The van der Waals surface area contributed by atoms with Gasteiger partial charge < -0.3 is 27.8 Å². The molecule has 2 aromatic heterocycles. The lowest BCUT2D eigenvalue weighted by atomic mass is 10.1. The van der Waals surface area contributed by atoms with Crippen LogP contribution in [-0.4, -0.2) is 87.0 Å². The van der Waals surface area contributed by atoms with Crippen molar-refractivity contribution in [1.82, 2.24) is 19.1 Å². The highest BCUT2D eigenvalue weighted by molar-refractivity contribution is 6.74. The second kappa shape index (κ2) is 16.9. The van der Waals surface area contributed by atoms with Crippen LogP contribution in [0.1, 0.15) is 66.1 Å². The van der Waals surface area contributed by atoms with Crippen LogP contribution in [0.5, 0.6) is 0 Å². The molecule has 0 saturated carbocycles. The van der Waals surface area contributed by atoms with Crippen LogP contribution >= 0.6 is 0 Å². The molecule has 0 unspecified atom stereocenters. The first-order valence-corrected chi connectivity index (χ1v) is 23.8. The molecule has 292 valence electrons. The van der Waals surface area contributed by atoms with Crippen molar-refractivity contribution in [3.8, 4) is 11.8 Å². The standard InChI is InChI=1S/C37H56N4O10Si2/c1-12-46-31-17-16-27(29(50-31)24-49-53(10,11)37(5,6)7)41-22-25(33(43)39-35(41)45)14-13-21-47-32-18-15-26(40-20-19-30(42)38-34(40)44)28(51-32)23-48-52(8,9)36(2,3)4/h15-20,22,26-29,31-32H,12,21,23-24H2,1-11H3,(H,38,42,44)(H,39,43,45)/t26-,27-,28+,29+,31-,32-/m0/s1. The number of nitrogens with one attached hydrogen (secondary N) is 2. The summed E-state index contributed by atoms with van der Waals surface area (Å²) < 4.78 is 39.8. The average molecular weight is 773 g/mol. The molecular formula is C37H56N4O10Si2. The average Bonchev–Trinajstić information content (AvgIpc) is 3.05. The largest absolute Gasteiger partial charge is 0.414 e. The minimum atomic E-state index is -2.19. The quantitative estimate of drug-likeness (QED) is 0.182. The Bertz CT molecular complexity index is 1940. The number of hydrogen-bond donors (Lipinski definition) is 2. The number of aromatic amines is 2. The van der Waals surface area contributed by atoms with Crippen LogP contribution in [0.4, 0.5) is 0 Å². The lowest BCUT2D eigenvalue weighted by Gasteiger charge is -2.39. The van der Waals surface area contributed by atoms with E-state index in [-0.39, 0.29) is 35.5 Å². The molecule has 0 bridgehead atoms. The van der Waals surface area contributed by atoms with Crippen LogP contribution in [0, 0.1) is 11.8 Å². The summed E-state index contributed by atoms with van der Waals surface area (Å²) in [5, 5.41) is -0.0897. The van der Waals surface area contributed by atoms with E-state index in [9.17, 15) is 19.2 Å². The maximum absolute atomic E-state index is 13.1. The van der Waals surface area contributed by atoms with Crippen LogP contribution in [0.25, 0.3) is 0 Å². The van der Waals surface area contributed by atoms with Gasteiger partial charge in [0.1, 0.15) is 24.4 Å². The van der Waals surface area contributed by atoms with Crippen molar-refractivity contribution in [2.45, 2.75) is 122 Å². The number of nitrogens with zero attached hydrogens (tertiary/aromatic N) is 2. The van der Waals surface area contributed by atoms with Crippen molar-refractivity contribution in [2.75, 3.05) is 26.4 Å². The lowest BCUT2D eigenvalue weighted by Crippen LogP contribution is -2.47. The third-order valence-electron chi connectivity index (χ3n) is 10.5. The van der Waals surface area contributed by atoms with Crippen molar-refractivity contribution >= 4 is 16.6 Å². The molecule has 53 heavy (non-hydrogen) atoms. The fourth-order valence-corrected chi connectivity index (χ4v) is 7.18. The highest BCUT2D eigenvalue weighted by Crippen LogP contribution is 2.38. The van der Waals surface area contributed by atoms with E-state index in [1.807, 2.05) is 13.0 Å². The van der Waals surface area contributed by atoms with Gasteiger partial charge in [-0.05, 0) is 55.3 Å². The SMILES string of the molecule is CCO[C@@H]1C=C[C@H](n2cc(C#CCO[C@@H]3C=C[C@H](n4ccc(=O)[nH]c4=O)[C@@H](CO[Si](C)(C)C(C)(C)C)O3)c(=O)[nH]c2=O)[C@@H](CO[Si](C)(C)C(C)(C)C)O1. The molecule has 2 aromatic rings. The summed E-state index contributed by atoms with van der Waals surface area (Å²) in [6, 6.07) is 0.127. The first-order valence-electron chi connectivity index (χ1n) is 18.0. The van der Waals surface area contributed by atoms with Crippen LogP contribution < -0.4 is 22.5 Å². The predicted octanol–water partition coefficient (Wildman–Crippen LogP) is 4.18. The van der Waals surface area contributed by atoms with E-state index < -0.39 is 76.0 Å². The minimum absolute atomic E-state index is 0.0334. The first kappa shape index (κ1) is 42.3. The fraction of sp³-hybridized carbons (Fsp3) is 0.622. The Morgan fingerprint density at radius 2 is 1.26 bits per heavy atom. The van der Waals surface area contributed by atoms with Crippen molar-refractivity contribution in [3.05, 3.63) is 90.0 Å². The van der Waals surface area contributed by atoms with Gasteiger partial charge in [-0.1, -0.05) is 65.5 Å². The van der Waals surface area contributed by atoms with Gasteiger partial charge in [0, 0.05) is 25.1 Å². The van der Waals surface area contributed by atoms with Gasteiger partial charge in [-0.25, -0.2) is 9.59 Å². The molecule has 16 heteroatoms. The molecule has 0 aromatic carbocycles. The Hall–Kier alpha value is -3.41. The van der Waals surface area contributed by atoms with Crippen molar-refractivity contribution in [3.63, 3.8) is 0 Å². The molecule has 14 nitrogen and oxygen atoms in total. The Morgan fingerprint density at radius 1 is 0.755 bits per heavy atom. The second-order valence-corrected chi connectivity index (χ2v) is 25.9. The molecule has 4 heterocycles. The van der Waals surface area contributed by atoms with E-state index in [4.69, 9.17) is 27.8 Å². The molecule has 0 radical (unpaired) electrons. The molecule has 0 fully saturated rings. The highest BCUT2D eigenvalue weighted by atomic mass is 28.4. The van der Waals surface area contributed by atoms with E-state index in [1.165, 1.54) is 27.6 Å². The van der Waals surface area contributed by atoms with E-state index in [0.717, 1.165) is 0 Å². The fourth-order valence-electron chi connectivity index (χ4n) is 5.15. The summed E-state index contributed by atoms with van der Waals surface area (Å²) in [5.41, 5.74) is -2.24. The van der Waals surface area contributed by atoms with Gasteiger partial charge in [0.05, 0.1) is 25.3 Å². The Labute approximate surface area is 312 Å². The molecule has 0 saturated heterocycles. The van der Waals surface area contributed by atoms with Gasteiger partial charge in [0.2, 0.25) is 0 Å². The molecule has 2 aliphatic rings. The van der Waals surface area contributed by atoms with Gasteiger partial charge >= 0.3 is 11.4 Å². The number of rotatable bonds is 12. The zero-order chi connectivity index (χ0) is 39.4. The maximum atomic E-state index is 13.1. The molecule has 6 atom stereocenters. The Morgan fingerprint density at radius 3 is 1.77 bits per heavy atom. The third kappa shape index (κ3) is 10.6. The number of aromatic nitrogens is 4. The minimum Gasteiger partial charge on any atom is -0.414 e. The van der Waals surface area contributed by atoms with E-state index in [1.54, 1.807) is 18.2 Å².